The molecule has 6 nitrogen and oxygen atoms in total. The number of thiazole rings is 1. The van der Waals surface area contributed by atoms with Crippen LogP contribution in [0.3, 0.4) is 0 Å². The zero-order valence-electron chi connectivity index (χ0n) is 11.8. The monoisotopic (exact) mass is 317 g/mol. The van der Waals surface area contributed by atoms with Crippen LogP contribution in [-0.4, -0.2) is 31.6 Å². The lowest BCUT2D eigenvalue weighted by Crippen LogP contribution is -2.27. The molecule has 1 aliphatic heterocycles. The Morgan fingerprint density at radius 1 is 1.50 bits per heavy atom. The second kappa shape index (κ2) is 5.09. The number of nitrogens with zero attached hydrogens (tertiary/aromatic N) is 2. The first kappa shape index (κ1) is 15.4. The molecule has 1 fully saturated rings. The minimum Gasteiger partial charge on any atom is -0.288 e. The van der Waals surface area contributed by atoms with Crippen molar-refractivity contribution in [3.63, 3.8) is 0 Å². The SMILES string of the molecule is CC(C)(C)c1cnc(N2CC(CS(N)(=O)=O)CC2=O)s1. The molecule has 2 rings (SSSR count). The Bertz CT molecular complexity index is 616. The van der Waals surface area contributed by atoms with Crippen molar-refractivity contribution in [1.29, 1.82) is 0 Å². The van der Waals surface area contributed by atoms with Crippen molar-refractivity contribution < 1.29 is 13.2 Å². The number of sulfonamides is 1. The van der Waals surface area contributed by atoms with Crippen LogP contribution in [0, 0.1) is 5.92 Å². The maximum Gasteiger partial charge on any atom is 0.229 e. The quantitative estimate of drug-likeness (QED) is 0.902. The fourth-order valence-electron chi connectivity index (χ4n) is 2.14. The minimum absolute atomic E-state index is 0.0152. The maximum absolute atomic E-state index is 12.0. The van der Waals surface area contributed by atoms with Gasteiger partial charge >= 0.3 is 0 Å². The second-order valence-corrected chi connectivity index (χ2v) is 8.83. The molecule has 1 aromatic heterocycles. The summed E-state index contributed by atoms with van der Waals surface area (Å²) in [5.41, 5.74) is -0.0152. The molecule has 2 heterocycles. The fraction of sp³-hybridized carbons (Fsp3) is 0.667. The van der Waals surface area contributed by atoms with E-state index in [-0.39, 0.29) is 29.4 Å². The van der Waals surface area contributed by atoms with E-state index in [2.05, 4.69) is 25.8 Å². The molecule has 0 spiro atoms. The molecule has 1 aliphatic rings. The van der Waals surface area contributed by atoms with Gasteiger partial charge in [-0.15, -0.1) is 11.3 Å². The number of hydrogen-bond acceptors (Lipinski definition) is 5. The lowest BCUT2D eigenvalue weighted by molar-refractivity contribution is -0.117. The number of amides is 1. The number of primary sulfonamides is 1. The van der Waals surface area contributed by atoms with Crippen molar-refractivity contribution in [3.8, 4) is 0 Å². The van der Waals surface area contributed by atoms with Gasteiger partial charge in [0.1, 0.15) is 0 Å². The highest BCUT2D eigenvalue weighted by Crippen LogP contribution is 2.34. The van der Waals surface area contributed by atoms with Gasteiger partial charge in [0, 0.05) is 30.0 Å². The predicted molar refractivity (Wildman–Crippen MR) is 79.2 cm³/mol. The minimum atomic E-state index is -3.55. The van der Waals surface area contributed by atoms with Gasteiger partial charge in [-0.3, -0.25) is 9.69 Å². The predicted octanol–water partition coefficient (Wildman–Crippen LogP) is 1.08. The van der Waals surface area contributed by atoms with E-state index >= 15 is 0 Å². The van der Waals surface area contributed by atoms with E-state index in [9.17, 15) is 13.2 Å². The number of carbonyl (C=O) groups excluding carboxylic acids is 1. The fourth-order valence-corrected chi connectivity index (χ4v) is 4.02. The molecule has 0 bridgehead atoms. The summed E-state index contributed by atoms with van der Waals surface area (Å²) in [6.45, 7) is 6.62. The third-order valence-electron chi connectivity index (χ3n) is 3.14. The summed E-state index contributed by atoms with van der Waals surface area (Å²) in [6.07, 6.45) is 1.99. The highest BCUT2D eigenvalue weighted by Gasteiger charge is 2.34. The highest BCUT2D eigenvalue weighted by atomic mass is 32.2. The van der Waals surface area contributed by atoms with E-state index in [0.717, 1.165) is 4.88 Å². The Labute approximate surface area is 123 Å². The van der Waals surface area contributed by atoms with Crippen LogP contribution < -0.4 is 10.0 Å². The summed E-state index contributed by atoms with van der Waals surface area (Å²) in [4.78, 5) is 18.9. The number of rotatable bonds is 3. The van der Waals surface area contributed by atoms with Crippen LogP contribution in [0.25, 0.3) is 0 Å². The molecule has 8 heteroatoms. The standard InChI is InChI=1S/C12H19N3O3S2/c1-12(2,3)9-5-14-11(19-9)15-6-8(4-10(15)16)7-20(13,17)18/h5,8H,4,6-7H2,1-3H3,(H2,13,17,18). The van der Waals surface area contributed by atoms with E-state index in [1.54, 1.807) is 11.1 Å². The Morgan fingerprint density at radius 2 is 2.15 bits per heavy atom. The van der Waals surface area contributed by atoms with Gasteiger partial charge in [0.15, 0.2) is 5.13 Å². The summed E-state index contributed by atoms with van der Waals surface area (Å²) >= 11 is 1.47. The largest absolute Gasteiger partial charge is 0.288 e. The zero-order chi connectivity index (χ0) is 15.1. The Morgan fingerprint density at radius 3 is 2.65 bits per heavy atom. The molecule has 112 valence electrons. The first-order chi connectivity index (χ1) is 9.06. The van der Waals surface area contributed by atoms with Crippen molar-refractivity contribution in [1.82, 2.24) is 4.98 Å². The molecule has 0 radical (unpaired) electrons. The average Bonchev–Trinajstić information content (AvgIpc) is 2.81. The van der Waals surface area contributed by atoms with Gasteiger partial charge in [-0.1, -0.05) is 20.8 Å². The number of anilines is 1. The average molecular weight is 317 g/mol. The first-order valence-electron chi connectivity index (χ1n) is 6.33. The molecule has 1 unspecified atom stereocenters. The molecule has 1 aromatic rings. The van der Waals surface area contributed by atoms with E-state index in [4.69, 9.17) is 5.14 Å². The second-order valence-electron chi connectivity index (χ2n) is 6.16. The van der Waals surface area contributed by atoms with Crippen molar-refractivity contribution >= 4 is 32.4 Å². The molecule has 20 heavy (non-hydrogen) atoms. The van der Waals surface area contributed by atoms with E-state index in [0.29, 0.717) is 11.7 Å². The van der Waals surface area contributed by atoms with Crippen LogP contribution >= 0.6 is 11.3 Å². The van der Waals surface area contributed by atoms with Gasteiger partial charge in [0.2, 0.25) is 15.9 Å². The summed E-state index contributed by atoms with van der Waals surface area (Å²) in [5.74, 6) is -0.500. The maximum atomic E-state index is 12.0. The molecular formula is C12H19N3O3S2. The molecule has 1 saturated heterocycles. The summed E-state index contributed by atoms with van der Waals surface area (Å²) in [7, 11) is -3.55. The zero-order valence-corrected chi connectivity index (χ0v) is 13.4. The van der Waals surface area contributed by atoms with E-state index < -0.39 is 10.0 Å². The third-order valence-corrected chi connectivity index (χ3v) is 5.52. The van der Waals surface area contributed by atoms with Crippen LogP contribution in [-0.2, 0) is 20.2 Å². The smallest absolute Gasteiger partial charge is 0.229 e. The van der Waals surface area contributed by atoms with Crippen LogP contribution in [0.4, 0.5) is 5.13 Å². The Hall–Kier alpha value is -0.990. The van der Waals surface area contributed by atoms with Crippen LogP contribution in [0.15, 0.2) is 6.20 Å². The van der Waals surface area contributed by atoms with Crippen molar-refractivity contribution in [2.75, 3.05) is 17.2 Å². The third kappa shape index (κ3) is 3.56. The van der Waals surface area contributed by atoms with Crippen LogP contribution in [0.5, 0.6) is 0 Å². The Kier molecular flexibility index (Phi) is 3.92. The van der Waals surface area contributed by atoms with Gasteiger partial charge in [0.05, 0.1) is 5.75 Å². The highest BCUT2D eigenvalue weighted by molar-refractivity contribution is 7.89. The summed E-state index contributed by atoms with van der Waals surface area (Å²) in [6, 6.07) is 0. The Balaban J connectivity index is 2.14. The lowest BCUT2D eigenvalue weighted by atomic mass is 9.96. The normalized spacial score (nSPS) is 20.7. The van der Waals surface area contributed by atoms with Crippen LogP contribution in [0.1, 0.15) is 32.1 Å². The van der Waals surface area contributed by atoms with Crippen molar-refractivity contribution in [2.24, 2.45) is 11.1 Å². The topological polar surface area (TPSA) is 93.4 Å². The van der Waals surface area contributed by atoms with Gasteiger partial charge < -0.3 is 0 Å². The number of nitrogens with two attached hydrogens (primary N) is 1. The molecular weight excluding hydrogens is 298 g/mol. The van der Waals surface area contributed by atoms with E-state index in [1.807, 2.05) is 0 Å². The molecule has 0 aromatic carbocycles. The first-order valence-corrected chi connectivity index (χ1v) is 8.86. The molecule has 1 atom stereocenters. The molecule has 2 N–H and O–H groups in total. The van der Waals surface area contributed by atoms with Gasteiger partial charge in [-0.25, -0.2) is 18.5 Å². The molecule has 1 amide bonds. The van der Waals surface area contributed by atoms with Gasteiger partial charge in [-0.05, 0) is 5.41 Å². The van der Waals surface area contributed by atoms with Crippen molar-refractivity contribution in [2.45, 2.75) is 32.6 Å². The van der Waals surface area contributed by atoms with E-state index in [1.165, 1.54) is 11.3 Å². The lowest BCUT2D eigenvalue weighted by Gasteiger charge is -2.15. The number of hydrogen-bond donors (Lipinski definition) is 1. The summed E-state index contributed by atoms with van der Waals surface area (Å²) < 4.78 is 22.2. The molecule has 0 aliphatic carbocycles. The van der Waals surface area contributed by atoms with Gasteiger partial charge in [0.25, 0.3) is 0 Å². The van der Waals surface area contributed by atoms with Gasteiger partial charge in [-0.2, -0.15) is 0 Å². The summed E-state index contributed by atoms with van der Waals surface area (Å²) in [5, 5.41) is 5.67. The number of carbonyl (C=O) groups is 1. The van der Waals surface area contributed by atoms with Crippen molar-refractivity contribution in [3.05, 3.63) is 11.1 Å². The molecule has 0 saturated carbocycles. The van der Waals surface area contributed by atoms with Crippen LogP contribution in [0.2, 0.25) is 0 Å². The number of aromatic nitrogens is 1.